The Bertz CT molecular complexity index is 3450. The van der Waals surface area contributed by atoms with Crippen LogP contribution in [0.4, 0.5) is 18.9 Å². The second kappa shape index (κ2) is 14.9. The predicted octanol–water partition coefficient (Wildman–Crippen LogP) is 16.2. The van der Waals surface area contributed by atoms with Gasteiger partial charge in [-0.25, -0.2) is 4.85 Å². The molecule has 0 fully saturated rings. The number of halogens is 3. The first kappa shape index (κ1) is 40.2. The van der Waals surface area contributed by atoms with Crippen LogP contribution in [0.25, 0.3) is 93.2 Å². The van der Waals surface area contributed by atoms with Gasteiger partial charge in [0.05, 0.1) is 57.2 Å². The Morgan fingerprint density at radius 2 is 0.922 bits per heavy atom. The normalized spacial score (nSPS) is 11.8. The molecule has 10 rings (SSSR count). The number of alkyl halides is 3. The summed E-state index contributed by atoms with van der Waals surface area (Å²) in [6.45, 7) is 20.9. The first-order valence-electron chi connectivity index (χ1n) is 21.2. The quantitative estimate of drug-likeness (QED) is 0.159. The van der Waals surface area contributed by atoms with Crippen LogP contribution in [-0.2, 0) is 6.18 Å². The average molecular weight is 839 g/mol. The number of nitrogens with zero attached hydrogens (tertiary/aromatic N) is 4. The van der Waals surface area contributed by atoms with Crippen LogP contribution in [0.3, 0.4) is 0 Å². The molecule has 64 heavy (non-hydrogen) atoms. The third-order valence-electron chi connectivity index (χ3n) is 12.7. The van der Waals surface area contributed by atoms with Gasteiger partial charge < -0.3 is 9.13 Å². The Hall–Kier alpha value is -7.87. The van der Waals surface area contributed by atoms with Crippen LogP contribution < -0.4 is 0 Å². The summed E-state index contributed by atoms with van der Waals surface area (Å²) in [5.74, 6) is 0. The lowest BCUT2D eigenvalue weighted by atomic mass is 9.92. The van der Waals surface area contributed by atoms with E-state index in [1.165, 1.54) is 23.3 Å². The first-order valence-corrected chi connectivity index (χ1v) is 21.2. The molecule has 0 amide bonds. The van der Waals surface area contributed by atoms with Gasteiger partial charge in [0.25, 0.3) is 0 Å². The van der Waals surface area contributed by atoms with Gasteiger partial charge in [-0.1, -0.05) is 102 Å². The van der Waals surface area contributed by atoms with Crippen LogP contribution in [0.15, 0.2) is 140 Å². The molecule has 2 aromatic heterocycles. The number of nitriles is 1. The minimum atomic E-state index is -4.82. The molecule has 10 aromatic rings. The first-order chi connectivity index (χ1) is 30.8. The highest BCUT2D eigenvalue weighted by Gasteiger charge is 2.37. The van der Waals surface area contributed by atoms with Gasteiger partial charge in [-0.2, -0.15) is 18.4 Å². The number of hydrogen-bond acceptors (Lipinski definition) is 1. The second-order valence-electron chi connectivity index (χ2n) is 17.0. The lowest BCUT2D eigenvalue weighted by molar-refractivity contribution is -0.137. The van der Waals surface area contributed by atoms with Crippen molar-refractivity contribution in [2.24, 2.45) is 0 Å². The highest BCUT2D eigenvalue weighted by atomic mass is 19.4. The number of rotatable bonds is 5. The molecule has 0 aliphatic heterocycles. The van der Waals surface area contributed by atoms with E-state index in [-0.39, 0.29) is 22.4 Å². The summed E-state index contributed by atoms with van der Waals surface area (Å²) >= 11 is 0. The molecule has 8 aromatic carbocycles. The standard InChI is InChI=1S/C57H41F3N4/c1-32-23-34(3)53(35(4)24-32)39-19-21-49-43(29-39)41-13-8-10-17-47(41)63(49)51-27-38(31-61)28-52(56(51)55-45(57(58,59)60)15-12-16-46(55)62-7)64-48-18-11-9-14-42(48)44-30-40(20-22-50(44)64)54-36(5)25-33(2)26-37(54)6/h8-30H,1-6H3. The number of hydrogen-bond donors (Lipinski definition) is 0. The molecule has 310 valence electrons. The maximum atomic E-state index is 15.6. The van der Waals surface area contributed by atoms with Crippen molar-refractivity contribution in [3.05, 3.63) is 195 Å². The number of fused-ring (bicyclic) bond motifs is 6. The van der Waals surface area contributed by atoms with Gasteiger partial charge in [0.2, 0.25) is 0 Å². The average Bonchev–Trinajstić information content (AvgIpc) is 3.77. The molecule has 0 saturated carbocycles. The molecule has 2 heterocycles. The van der Waals surface area contributed by atoms with Crippen LogP contribution in [0.1, 0.15) is 44.5 Å². The Morgan fingerprint density at radius 3 is 1.34 bits per heavy atom. The minimum absolute atomic E-state index is 0.149. The molecule has 0 aliphatic carbocycles. The van der Waals surface area contributed by atoms with E-state index in [1.807, 2.05) is 69.8 Å². The third-order valence-corrected chi connectivity index (χ3v) is 12.7. The predicted molar refractivity (Wildman–Crippen MR) is 256 cm³/mol. The summed E-state index contributed by atoms with van der Waals surface area (Å²) in [7, 11) is 0. The fourth-order valence-electron chi connectivity index (χ4n) is 10.5. The van der Waals surface area contributed by atoms with Crippen LogP contribution >= 0.6 is 0 Å². The van der Waals surface area contributed by atoms with Crippen LogP contribution in [0, 0.1) is 59.4 Å². The van der Waals surface area contributed by atoms with Gasteiger partial charge in [0.15, 0.2) is 5.69 Å². The molecule has 0 aliphatic rings. The zero-order chi connectivity index (χ0) is 44.8. The SMILES string of the molecule is [C-]#[N+]c1cccc(C(F)(F)F)c1-c1c(-n2c3ccccc3c3cc(-c4c(C)cc(C)cc4C)ccc32)cc(C#N)cc1-n1c2ccccc2c2cc(-c3c(C)cc(C)cc3C)ccc21. The lowest BCUT2D eigenvalue weighted by Crippen LogP contribution is -2.11. The molecule has 0 bridgehead atoms. The van der Waals surface area contributed by atoms with Crippen LogP contribution in [0.2, 0.25) is 0 Å². The summed E-state index contributed by atoms with van der Waals surface area (Å²) < 4.78 is 50.7. The van der Waals surface area contributed by atoms with Gasteiger partial charge >= 0.3 is 6.18 Å². The summed E-state index contributed by atoms with van der Waals surface area (Å²) in [6, 6.07) is 46.4. The van der Waals surface area contributed by atoms with Crippen molar-refractivity contribution in [2.75, 3.05) is 0 Å². The minimum Gasteiger partial charge on any atom is -0.309 e. The second-order valence-corrected chi connectivity index (χ2v) is 17.0. The topological polar surface area (TPSA) is 38.0 Å². The Balaban J connectivity index is 1.37. The van der Waals surface area contributed by atoms with Crippen molar-refractivity contribution >= 4 is 49.3 Å². The summed E-state index contributed by atoms with van der Waals surface area (Å²) in [5, 5.41) is 14.5. The van der Waals surface area contributed by atoms with Crippen molar-refractivity contribution in [3.63, 3.8) is 0 Å². The number of para-hydroxylation sites is 2. The zero-order valence-electron chi connectivity index (χ0n) is 36.2. The highest BCUT2D eigenvalue weighted by molar-refractivity contribution is 6.14. The maximum absolute atomic E-state index is 15.6. The van der Waals surface area contributed by atoms with Crippen LogP contribution in [0.5, 0.6) is 0 Å². The fourth-order valence-corrected chi connectivity index (χ4v) is 10.5. The van der Waals surface area contributed by atoms with E-state index in [9.17, 15) is 5.26 Å². The molecule has 0 atom stereocenters. The molecule has 0 unspecified atom stereocenters. The van der Waals surface area contributed by atoms with Crippen molar-refractivity contribution in [1.29, 1.82) is 5.26 Å². The summed E-state index contributed by atoms with van der Waals surface area (Å²) in [4.78, 5) is 3.76. The van der Waals surface area contributed by atoms with E-state index in [0.717, 1.165) is 94.2 Å². The van der Waals surface area contributed by atoms with Gasteiger partial charge in [-0.05, 0) is 135 Å². The van der Waals surface area contributed by atoms with Crippen molar-refractivity contribution in [1.82, 2.24) is 9.13 Å². The zero-order valence-corrected chi connectivity index (χ0v) is 36.2. The summed E-state index contributed by atoms with van der Waals surface area (Å²) in [6.07, 6.45) is -4.82. The molecular formula is C57H41F3N4. The molecule has 0 spiro atoms. The number of aryl methyl sites for hydroxylation is 6. The van der Waals surface area contributed by atoms with E-state index in [1.54, 1.807) is 12.1 Å². The molecular weight excluding hydrogens is 798 g/mol. The van der Waals surface area contributed by atoms with Crippen LogP contribution in [-0.4, -0.2) is 9.13 Å². The summed E-state index contributed by atoms with van der Waals surface area (Å²) in [5.41, 5.74) is 14.0. The van der Waals surface area contributed by atoms with E-state index < -0.39 is 11.7 Å². The van der Waals surface area contributed by atoms with Crippen molar-refractivity contribution in [2.45, 2.75) is 47.7 Å². The van der Waals surface area contributed by atoms with Gasteiger partial charge in [0, 0.05) is 32.7 Å². The smallest absolute Gasteiger partial charge is 0.309 e. The Morgan fingerprint density at radius 1 is 0.484 bits per heavy atom. The molecule has 0 N–H and O–H groups in total. The number of aromatic nitrogens is 2. The van der Waals surface area contributed by atoms with Gasteiger partial charge in [-0.15, -0.1) is 0 Å². The Kier molecular flexibility index (Phi) is 9.36. The fraction of sp³-hybridized carbons (Fsp3) is 0.123. The van der Waals surface area contributed by atoms with E-state index >= 15 is 13.2 Å². The Labute approximate surface area is 369 Å². The lowest BCUT2D eigenvalue weighted by Gasteiger charge is -2.24. The molecule has 4 nitrogen and oxygen atoms in total. The van der Waals surface area contributed by atoms with E-state index in [2.05, 4.69) is 101 Å². The maximum Gasteiger partial charge on any atom is 0.415 e. The molecule has 0 radical (unpaired) electrons. The van der Waals surface area contributed by atoms with Crippen molar-refractivity contribution in [3.8, 4) is 50.8 Å². The monoisotopic (exact) mass is 838 g/mol. The highest BCUT2D eigenvalue weighted by Crippen LogP contribution is 2.50. The molecule has 7 heteroatoms. The van der Waals surface area contributed by atoms with Crippen molar-refractivity contribution < 1.29 is 13.2 Å². The number of benzene rings is 8. The largest absolute Gasteiger partial charge is 0.415 e. The van der Waals surface area contributed by atoms with E-state index in [0.29, 0.717) is 11.4 Å². The van der Waals surface area contributed by atoms with Gasteiger partial charge in [0.1, 0.15) is 0 Å². The van der Waals surface area contributed by atoms with Gasteiger partial charge in [-0.3, -0.25) is 0 Å². The third kappa shape index (κ3) is 6.27. The molecule has 0 saturated heterocycles. The van der Waals surface area contributed by atoms with E-state index in [4.69, 9.17) is 6.57 Å².